The third kappa shape index (κ3) is 3.85. The zero-order valence-corrected chi connectivity index (χ0v) is 11.0. The molecule has 0 spiro atoms. The summed E-state index contributed by atoms with van der Waals surface area (Å²) in [6.45, 7) is -0.716. The van der Waals surface area contributed by atoms with Crippen LogP contribution in [0.5, 0.6) is 0 Å². The van der Waals surface area contributed by atoms with Gasteiger partial charge in [0.05, 0.1) is 5.56 Å². The Hall–Kier alpha value is -1.89. The molecule has 1 aromatic rings. The number of halogens is 1. The standard InChI is InChI=1S/C11H12BrN3O3/c12-8-4-2-1-3-7(8)11(18)15(5-9(13)16)6-10(14)17/h1-4H,5-6H2,(H2,13,16)(H2,14,17). The van der Waals surface area contributed by atoms with Crippen molar-refractivity contribution in [3.63, 3.8) is 0 Å². The molecule has 0 radical (unpaired) electrons. The van der Waals surface area contributed by atoms with Crippen molar-refractivity contribution in [3.8, 4) is 0 Å². The van der Waals surface area contributed by atoms with Crippen molar-refractivity contribution in [1.82, 2.24) is 4.90 Å². The number of hydrogen-bond donors (Lipinski definition) is 2. The first-order valence-electron chi connectivity index (χ1n) is 5.02. The number of primary amides is 2. The van der Waals surface area contributed by atoms with Crippen molar-refractivity contribution >= 4 is 33.7 Å². The Bertz CT molecular complexity index is 474. The van der Waals surface area contributed by atoms with Gasteiger partial charge in [-0.2, -0.15) is 0 Å². The van der Waals surface area contributed by atoms with Gasteiger partial charge < -0.3 is 16.4 Å². The molecule has 0 unspecified atom stereocenters. The molecule has 0 aromatic heterocycles. The highest BCUT2D eigenvalue weighted by molar-refractivity contribution is 9.10. The zero-order chi connectivity index (χ0) is 13.7. The number of rotatable bonds is 5. The van der Waals surface area contributed by atoms with Crippen molar-refractivity contribution in [3.05, 3.63) is 34.3 Å². The number of carbonyl (C=O) groups is 3. The maximum Gasteiger partial charge on any atom is 0.255 e. The van der Waals surface area contributed by atoms with E-state index in [-0.39, 0.29) is 13.1 Å². The monoisotopic (exact) mass is 313 g/mol. The van der Waals surface area contributed by atoms with Crippen LogP contribution in [0, 0.1) is 0 Å². The summed E-state index contributed by atoms with van der Waals surface area (Å²) in [5.41, 5.74) is 10.4. The third-order valence-electron chi connectivity index (χ3n) is 2.08. The molecule has 0 bridgehead atoms. The first-order valence-corrected chi connectivity index (χ1v) is 5.81. The molecule has 6 nitrogen and oxygen atoms in total. The molecule has 0 fully saturated rings. The smallest absolute Gasteiger partial charge is 0.255 e. The SMILES string of the molecule is NC(=O)CN(CC(N)=O)C(=O)c1ccccc1Br. The van der Waals surface area contributed by atoms with Crippen molar-refractivity contribution in [2.45, 2.75) is 0 Å². The second-order valence-corrected chi connectivity index (χ2v) is 4.43. The Balaban J connectivity index is 2.98. The van der Waals surface area contributed by atoms with Gasteiger partial charge in [-0.15, -0.1) is 0 Å². The van der Waals surface area contributed by atoms with Gasteiger partial charge in [0.25, 0.3) is 5.91 Å². The third-order valence-corrected chi connectivity index (χ3v) is 2.78. The van der Waals surface area contributed by atoms with Gasteiger partial charge in [-0.3, -0.25) is 14.4 Å². The maximum absolute atomic E-state index is 12.1. The first kappa shape index (κ1) is 14.2. The van der Waals surface area contributed by atoms with Gasteiger partial charge in [0.1, 0.15) is 13.1 Å². The number of benzene rings is 1. The molecule has 0 atom stereocenters. The molecule has 0 saturated carbocycles. The normalized spacial score (nSPS) is 9.83. The molecule has 4 N–H and O–H groups in total. The van der Waals surface area contributed by atoms with Gasteiger partial charge in [0.15, 0.2) is 0 Å². The molecule has 0 saturated heterocycles. The van der Waals surface area contributed by atoms with Crippen LogP contribution in [0.1, 0.15) is 10.4 Å². The Morgan fingerprint density at radius 2 is 1.56 bits per heavy atom. The van der Waals surface area contributed by atoms with Gasteiger partial charge >= 0.3 is 0 Å². The van der Waals surface area contributed by atoms with Crippen LogP contribution in [0.25, 0.3) is 0 Å². The number of nitrogens with two attached hydrogens (primary N) is 2. The average molecular weight is 314 g/mol. The topological polar surface area (TPSA) is 106 Å². The van der Waals surface area contributed by atoms with E-state index < -0.39 is 17.7 Å². The van der Waals surface area contributed by atoms with E-state index in [2.05, 4.69) is 15.9 Å². The fraction of sp³-hybridized carbons (Fsp3) is 0.182. The van der Waals surface area contributed by atoms with Crippen LogP contribution in [-0.2, 0) is 9.59 Å². The second-order valence-electron chi connectivity index (χ2n) is 3.57. The van der Waals surface area contributed by atoms with Crippen LogP contribution in [0.15, 0.2) is 28.7 Å². The van der Waals surface area contributed by atoms with Crippen LogP contribution in [0.3, 0.4) is 0 Å². The number of nitrogens with zero attached hydrogens (tertiary/aromatic N) is 1. The predicted molar refractivity (Wildman–Crippen MR) is 68.4 cm³/mol. The van der Waals surface area contributed by atoms with E-state index >= 15 is 0 Å². The molecule has 7 heteroatoms. The van der Waals surface area contributed by atoms with Gasteiger partial charge in [-0.1, -0.05) is 12.1 Å². The fourth-order valence-electron chi connectivity index (χ4n) is 1.38. The minimum absolute atomic E-state index is 0.333. The van der Waals surface area contributed by atoms with Crippen LogP contribution < -0.4 is 11.5 Å². The lowest BCUT2D eigenvalue weighted by Gasteiger charge is -2.20. The highest BCUT2D eigenvalue weighted by atomic mass is 79.9. The Kier molecular flexibility index (Phi) is 4.85. The maximum atomic E-state index is 12.1. The van der Waals surface area contributed by atoms with E-state index in [0.717, 1.165) is 4.90 Å². The molecule has 1 aromatic carbocycles. The Morgan fingerprint density at radius 1 is 1.06 bits per heavy atom. The van der Waals surface area contributed by atoms with Crippen molar-refractivity contribution in [2.75, 3.05) is 13.1 Å². The Labute approximate surface area is 112 Å². The summed E-state index contributed by atoms with van der Waals surface area (Å²) in [7, 11) is 0. The molecule has 0 heterocycles. The summed E-state index contributed by atoms with van der Waals surface area (Å²) >= 11 is 3.22. The highest BCUT2D eigenvalue weighted by Gasteiger charge is 2.21. The summed E-state index contributed by atoms with van der Waals surface area (Å²) < 4.78 is 0.564. The lowest BCUT2D eigenvalue weighted by atomic mass is 10.2. The second kappa shape index (κ2) is 6.15. The van der Waals surface area contributed by atoms with Crippen molar-refractivity contribution in [1.29, 1.82) is 0 Å². The summed E-state index contributed by atoms with van der Waals surface area (Å²) in [4.78, 5) is 34.9. The highest BCUT2D eigenvalue weighted by Crippen LogP contribution is 2.17. The number of hydrogen-bond acceptors (Lipinski definition) is 3. The van der Waals surface area contributed by atoms with Gasteiger partial charge in [-0.25, -0.2) is 0 Å². The van der Waals surface area contributed by atoms with E-state index in [4.69, 9.17) is 11.5 Å². The molecule has 0 aliphatic carbocycles. The zero-order valence-electron chi connectivity index (χ0n) is 9.43. The van der Waals surface area contributed by atoms with E-state index in [9.17, 15) is 14.4 Å². The Morgan fingerprint density at radius 3 is 2.00 bits per heavy atom. The molecule has 0 aliphatic rings. The van der Waals surface area contributed by atoms with Crippen LogP contribution in [-0.4, -0.2) is 35.7 Å². The fourth-order valence-corrected chi connectivity index (χ4v) is 1.84. The van der Waals surface area contributed by atoms with Gasteiger partial charge in [0, 0.05) is 4.47 Å². The largest absolute Gasteiger partial charge is 0.368 e. The summed E-state index contributed by atoms with van der Waals surface area (Å²) in [5.74, 6) is -1.91. The first-order chi connectivity index (χ1) is 8.41. The van der Waals surface area contributed by atoms with Crippen LogP contribution in [0.2, 0.25) is 0 Å². The molecular weight excluding hydrogens is 302 g/mol. The molecule has 18 heavy (non-hydrogen) atoms. The van der Waals surface area contributed by atoms with Gasteiger partial charge in [-0.05, 0) is 28.1 Å². The number of amides is 3. The van der Waals surface area contributed by atoms with E-state index in [1.165, 1.54) is 0 Å². The summed E-state index contributed by atoms with van der Waals surface area (Å²) in [6.07, 6.45) is 0. The van der Waals surface area contributed by atoms with Crippen molar-refractivity contribution < 1.29 is 14.4 Å². The van der Waals surface area contributed by atoms with Gasteiger partial charge in [0.2, 0.25) is 11.8 Å². The minimum atomic E-state index is -0.711. The quantitative estimate of drug-likeness (QED) is 0.790. The summed E-state index contributed by atoms with van der Waals surface area (Å²) in [6, 6.07) is 6.67. The molecular formula is C11H12BrN3O3. The summed E-state index contributed by atoms with van der Waals surface area (Å²) in [5, 5.41) is 0. The van der Waals surface area contributed by atoms with Crippen molar-refractivity contribution in [2.24, 2.45) is 11.5 Å². The lowest BCUT2D eigenvalue weighted by molar-refractivity contribution is -0.121. The molecule has 0 aliphatic heterocycles. The van der Waals surface area contributed by atoms with E-state index in [1.807, 2.05) is 0 Å². The predicted octanol–water partition coefficient (Wildman–Crippen LogP) is -0.138. The van der Waals surface area contributed by atoms with E-state index in [1.54, 1.807) is 24.3 Å². The molecule has 3 amide bonds. The van der Waals surface area contributed by atoms with Crippen LogP contribution >= 0.6 is 15.9 Å². The van der Waals surface area contributed by atoms with Crippen LogP contribution in [0.4, 0.5) is 0 Å². The average Bonchev–Trinajstić information content (AvgIpc) is 2.26. The van der Waals surface area contributed by atoms with E-state index in [0.29, 0.717) is 10.0 Å². The lowest BCUT2D eigenvalue weighted by Crippen LogP contribution is -2.43. The number of carbonyl (C=O) groups excluding carboxylic acids is 3. The molecule has 96 valence electrons. The molecule has 1 rings (SSSR count). The minimum Gasteiger partial charge on any atom is -0.368 e.